The monoisotopic (exact) mass is 344 g/mol. The molecule has 0 N–H and O–H groups in total. The number of ether oxygens (including phenoxy) is 1. The summed E-state index contributed by atoms with van der Waals surface area (Å²) in [6.45, 7) is 4.40. The van der Waals surface area contributed by atoms with Gasteiger partial charge in [0.25, 0.3) is 0 Å². The molecule has 2 rings (SSSR count). The van der Waals surface area contributed by atoms with Crippen LogP contribution in [-0.2, 0) is 10.0 Å². The zero-order valence-electron chi connectivity index (χ0n) is 14.0. The molecule has 1 aromatic carbocycles. The molecule has 1 saturated heterocycles. The molecule has 0 amide bonds. The molecule has 0 aromatic heterocycles. The molecule has 7 heteroatoms. The molecule has 0 bridgehead atoms. The first-order valence-electron chi connectivity index (χ1n) is 7.72. The van der Waals surface area contributed by atoms with Gasteiger partial charge in [0.05, 0.1) is 5.75 Å². The normalized spacial score (nSPS) is 22.7. The van der Waals surface area contributed by atoms with Crippen LogP contribution < -0.4 is 4.74 Å². The molecule has 130 valence electrons. The van der Waals surface area contributed by atoms with E-state index in [0.29, 0.717) is 6.54 Å². The van der Waals surface area contributed by atoms with Crippen molar-refractivity contribution in [1.82, 2.24) is 9.21 Å². The van der Waals surface area contributed by atoms with Gasteiger partial charge in [-0.2, -0.15) is 0 Å². The van der Waals surface area contributed by atoms with Gasteiger partial charge in [-0.15, -0.1) is 0 Å². The van der Waals surface area contributed by atoms with Gasteiger partial charge in [0.1, 0.15) is 6.61 Å². The Kier molecular flexibility index (Phi) is 5.65. The molecule has 1 aliphatic rings. The Bertz CT molecular complexity index is 638. The van der Waals surface area contributed by atoms with Gasteiger partial charge < -0.3 is 9.64 Å². The van der Waals surface area contributed by atoms with Gasteiger partial charge in [-0.05, 0) is 37.6 Å². The number of hydrogen-bond acceptors (Lipinski definition) is 4. The number of likely N-dealkylation sites (tertiary alicyclic amines) is 1. The maximum atomic E-state index is 13.4. The molecule has 1 fully saturated rings. The molecule has 1 atom stereocenters. The number of benzene rings is 1. The number of hydrogen-bond donors (Lipinski definition) is 0. The van der Waals surface area contributed by atoms with Crippen molar-refractivity contribution < 1.29 is 17.5 Å². The highest BCUT2D eigenvalue weighted by atomic mass is 32.2. The first kappa shape index (κ1) is 18.2. The largest absolute Gasteiger partial charge is 0.489 e. The molecular formula is C16H25FN2O3S. The third kappa shape index (κ3) is 4.89. The van der Waals surface area contributed by atoms with Crippen molar-refractivity contribution in [3.63, 3.8) is 0 Å². The number of sulfonamides is 1. The lowest BCUT2D eigenvalue weighted by atomic mass is 9.90. The highest BCUT2D eigenvalue weighted by Gasteiger charge is 2.35. The van der Waals surface area contributed by atoms with Gasteiger partial charge in [-0.3, -0.25) is 0 Å². The van der Waals surface area contributed by atoms with Gasteiger partial charge >= 0.3 is 0 Å². The molecule has 1 aromatic rings. The molecule has 5 nitrogen and oxygen atoms in total. The van der Waals surface area contributed by atoms with E-state index in [1.54, 1.807) is 19.2 Å². The van der Waals surface area contributed by atoms with E-state index >= 15 is 0 Å². The fourth-order valence-corrected chi connectivity index (χ4v) is 4.12. The highest BCUT2D eigenvalue weighted by Crippen LogP contribution is 2.30. The minimum absolute atomic E-state index is 0.0248. The van der Waals surface area contributed by atoms with Crippen LogP contribution >= 0.6 is 0 Å². The SMILES string of the molecule is CN1CCC(C)(CN(C)S(=O)(=O)CCOc2ccccc2F)C1. The van der Waals surface area contributed by atoms with Crippen LogP contribution in [-0.4, -0.2) is 63.7 Å². The number of nitrogens with zero attached hydrogens (tertiary/aromatic N) is 2. The van der Waals surface area contributed by atoms with Gasteiger partial charge in [-0.25, -0.2) is 17.1 Å². The highest BCUT2D eigenvalue weighted by molar-refractivity contribution is 7.89. The summed E-state index contributed by atoms with van der Waals surface area (Å²) >= 11 is 0. The summed E-state index contributed by atoms with van der Waals surface area (Å²) in [4.78, 5) is 2.21. The summed E-state index contributed by atoms with van der Waals surface area (Å²) in [5.74, 6) is -0.571. The van der Waals surface area contributed by atoms with E-state index in [2.05, 4.69) is 11.8 Å². The van der Waals surface area contributed by atoms with E-state index in [9.17, 15) is 12.8 Å². The smallest absolute Gasteiger partial charge is 0.217 e. The van der Waals surface area contributed by atoms with E-state index in [0.717, 1.165) is 19.5 Å². The van der Waals surface area contributed by atoms with Crippen LogP contribution in [0, 0.1) is 11.2 Å². The fourth-order valence-electron chi connectivity index (χ4n) is 3.01. The van der Waals surface area contributed by atoms with Crippen molar-refractivity contribution >= 4 is 10.0 Å². The van der Waals surface area contributed by atoms with Gasteiger partial charge in [-0.1, -0.05) is 19.1 Å². The lowest BCUT2D eigenvalue weighted by Crippen LogP contribution is -2.40. The summed E-state index contributed by atoms with van der Waals surface area (Å²) in [5.41, 5.74) is -0.0248. The maximum absolute atomic E-state index is 13.4. The van der Waals surface area contributed by atoms with Crippen molar-refractivity contribution in [2.45, 2.75) is 13.3 Å². The molecule has 0 radical (unpaired) electrons. The second kappa shape index (κ2) is 7.15. The lowest BCUT2D eigenvalue weighted by molar-refractivity contribution is 0.253. The van der Waals surface area contributed by atoms with Crippen LogP contribution in [0.2, 0.25) is 0 Å². The Morgan fingerprint density at radius 2 is 2.09 bits per heavy atom. The minimum atomic E-state index is -3.42. The Labute approximate surface area is 138 Å². The van der Waals surface area contributed by atoms with Crippen molar-refractivity contribution in [3.8, 4) is 5.75 Å². The summed E-state index contributed by atoms with van der Waals surface area (Å²) in [6, 6.07) is 5.98. The predicted molar refractivity (Wildman–Crippen MR) is 88.5 cm³/mol. The molecule has 1 unspecified atom stereocenters. The third-order valence-electron chi connectivity index (χ3n) is 4.26. The van der Waals surface area contributed by atoms with Gasteiger partial charge in [0.15, 0.2) is 11.6 Å². The summed E-state index contributed by atoms with van der Waals surface area (Å²) in [5, 5.41) is 0. The molecule has 0 spiro atoms. The second-order valence-electron chi connectivity index (χ2n) is 6.65. The van der Waals surface area contributed by atoms with Gasteiger partial charge in [0.2, 0.25) is 10.0 Å². The summed E-state index contributed by atoms with van der Waals surface area (Å²) in [6.07, 6.45) is 0.981. The molecular weight excluding hydrogens is 319 g/mol. The molecule has 1 heterocycles. The fraction of sp³-hybridized carbons (Fsp3) is 0.625. The number of para-hydroxylation sites is 1. The predicted octanol–water partition coefficient (Wildman–Crippen LogP) is 1.81. The van der Waals surface area contributed by atoms with E-state index in [-0.39, 0.29) is 23.5 Å². The van der Waals surface area contributed by atoms with Crippen molar-refractivity contribution in [2.24, 2.45) is 5.41 Å². The average molecular weight is 344 g/mol. The first-order chi connectivity index (χ1) is 10.7. The minimum Gasteiger partial charge on any atom is -0.489 e. The summed E-state index contributed by atoms with van der Waals surface area (Å²) in [7, 11) is 0.224. The summed E-state index contributed by atoms with van der Waals surface area (Å²) < 4.78 is 44.8. The van der Waals surface area contributed by atoms with Crippen molar-refractivity contribution in [3.05, 3.63) is 30.1 Å². The Morgan fingerprint density at radius 1 is 1.39 bits per heavy atom. The number of halogens is 1. The lowest BCUT2D eigenvalue weighted by Gasteiger charge is -2.29. The first-order valence-corrected chi connectivity index (χ1v) is 9.33. The topological polar surface area (TPSA) is 49.9 Å². The van der Waals surface area contributed by atoms with Crippen LogP contribution in [0.4, 0.5) is 4.39 Å². The van der Waals surface area contributed by atoms with Crippen molar-refractivity contribution in [1.29, 1.82) is 0 Å². The standard InChI is InChI=1S/C16H25FN2O3S/c1-16(8-9-18(2)12-16)13-19(3)23(20,21)11-10-22-15-7-5-4-6-14(15)17/h4-7H,8-13H2,1-3H3. The van der Waals surface area contributed by atoms with E-state index < -0.39 is 15.8 Å². The van der Waals surface area contributed by atoms with E-state index in [1.807, 2.05) is 7.05 Å². The Balaban J connectivity index is 1.87. The second-order valence-corrected chi connectivity index (χ2v) is 8.84. The van der Waals surface area contributed by atoms with Crippen molar-refractivity contribution in [2.75, 3.05) is 46.1 Å². The molecule has 23 heavy (non-hydrogen) atoms. The maximum Gasteiger partial charge on any atom is 0.217 e. The van der Waals surface area contributed by atoms with E-state index in [1.165, 1.54) is 16.4 Å². The molecule has 0 aliphatic carbocycles. The van der Waals surface area contributed by atoms with Crippen LogP contribution in [0.1, 0.15) is 13.3 Å². The zero-order valence-corrected chi connectivity index (χ0v) is 14.8. The van der Waals surface area contributed by atoms with Crippen LogP contribution in [0.25, 0.3) is 0 Å². The van der Waals surface area contributed by atoms with Crippen LogP contribution in [0.15, 0.2) is 24.3 Å². The van der Waals surface area contributed by atoms with Gasteiger partial charge in [0, 0.05) is 20.1 Å². The van der Waals surface area contributed by atoms with E-state index in [4.69, 9.17) is 4.74 Å². The average Bonchev–Trinajstić information content (AvgIpc) is 2.80. The third-order valence-corrected chi connectivity index (χ3v) is 6.02. The Hall–Kier alpha value is -1.18. The number of rotatable bonds is 7. The molecule has 0 saturated carbocycles. The quantitative estimate of drug-likeness (QED) is 0.757. The van der Waals surface area contributed by atoms with Crippen LogP contribution in [0.5, 0.6) is 5.75 Å². The Morgan fingerprint density at radius 3 is 2.70 bits per heavy atom. The van der Waals surface area contributed by atoms with Crippen LogP contribution in [0.3, 0.4) is 0 Å². The molecule has 1 aliphatic heterocycles. The zero-order chi connectivity index (χ0) is 17.1.